The Kier molecular flexibility index (Phi) is 3.16. The molecule has 0 N–H and O–H groups in total. The van der Waals surface area contributed by atoms with Crippen molar-refractivity contribution in [2.45, 2.75) is 19.3 Å². The molecule has 1 aliphatic carbocycles. The first kappa shape index (κ1) is 11.7. The third-order valence-electron chi connectivity index (χ3n) is 3.72. The van der Waals surface area contributed by atoms with Gasteiger partial charge in [-0.3, -0.25) is 0 Å². The summed E-state index contributed by atoms with van der Waals surface area (Å²) >= 11 is 0. The van der Waals surface area contributed by atoms with E-state index < -0.39 is 0 Å². The smallest absolute Gasteiger partial charge is 0.0918 e. The molecule has 0 saturated heterocycles. The van der Waals surface area contributed by atoms with Crippen LogP contribution in [0.25, 0.3) is 5.57 Å². The van der Waals surface area contributed by atoms with Crippen molar-refractivity contribution in [2.24, 2.45) is 0 Å². The van der Waals surface area contributed by atoms with Crippen molar-refractivity contribution in [3.63, 3.8) is 0 Å². The summed E-state index contributed by atoms with van der Waals surface area (Å²) in [5.41, 5.74) is 6.16. The summed E-state index contributed by atoms with van der Waals surface area (Å²) in [6.07, 6.45) is 5.00. The van der Waals surface area contributed by atoms with E-state index >= 15 is 0 Å². The minimum Gasteiger partial charge on any atom is -0.193 e. The average molecular weight is 245 g/mol. The fourth-order valence-corrected chi connectivity index (χ4v) is 2.84. The summed E-state index contributed by atoms with van der Waals surface area (Å²) in [4.78, 5) is 0. The molecule has 0 spiro atoms. The van der Waals surface area contributed by atoms with Gasteiger partial charge in [0, 0.05) is 6.08 Å². The summed E-state index contributed by atoms with van der Waals surface area (Å²) in [5.74, 6) is 0. The minimum atomic E-state index is 1.06. The van der Waals surface area contributed by atoms with E-state index in [0.29, 0.717) is 0 Å². The molecule has 1 nitrogen and oxygen atoms in total. The highest BCUT2D eigenvalue weighted by molar-refractivity contribution is 5.84. The number of fused-ring (bicyclic) bond motifs is 2. The predicted octanol–water partition coefficient (Wildman–Crippen LogP) is 4.13. The molecule has 2 aromatic rings. The number of hydrogen-bond acceptors (Lipinski definition) is 1. The number of benzene rings is 2. The zero-order valence-electron chi connectivity index (χ0n) is 10.8. The minimum absolute atomic E-state index is 1.06. The van der Waals surface area contributed by atoms with Crippen LogP contribution in [-0.4, -0.2) is 0 Å². The average Bonchev–Trinajstić information content (AvgIpc) is 2.44. The molecule has 2 aromatic carbocycles. The van der Waals surface area contributed by atoms with E-state index in [0.717, 1.165) is 24.8 Å². The third-order valence-corrected chi connectivity index (χ3v) is 3.72. The van der Waals surface area contributed by atoms with E-state index in [2.05, 4.69) is 42.5 Å². The van der Waals surface area contributed by atoms with Crippen LogP contribution in [0.1, 0.15) is 28.7 Å². The molecule has 1 heteroatoms. The first-order valence-corrected chi connectivity index (χ1v) is 6.66. The van der Waals surface area contributed by atoms with Crippen molar-refractivity contribution in [2.75, 3.05) is 0 Å². The molecule has 0 fully saturated rings. The fourth-order valence-electron chi connectivity index (χ4n) is 2.84. The van der Waals surface area contributed by atoms with Gasteiger partial charge >= 0.3 is 0 Å². The van der Waals surface area contributed by atoms with Gasteiger partial charge in [0.1, 0.15) is 0 Å². The standard InChI is InChI=1S/C18H15N/c19-13-12-18-16-10-3-1-6-14(16)8-5-9-15-7-2-4-11-17(15)18/h1-4,6-7,10-12H,5,8-9H2. The molecule has 0 atom stereocenters. The number of rotatable bonds is 0. The van der Waals surface area contributed by atoms with Gasteiger partial charge in [-0.25, -0.2) is 0 Å². The van der Waals surface area contributed by atoms with Crippen LogP contribution in [0, 0.1) is 11.3 Å². The second kappa shape index (κ2) is 5.12. The van der Waals surface area contributed by atoms with E-state index in [4.69, 9.17) is 5.26 Å². The maximum absolute atomic E-state index is 9.11. The van der Waals surface area contributed by atoms with E-state index in [9.17, 15) is 0 Å². The molecule has 3 rings (SSSR count). The molecule has 19 heavy (non-hydrogen) atoms. The van der Waals surface area contributed by atoms with Gasteiger partial charge in [-0.1, -0.05) is 48.5 Å². The molecule has 92 valence electrons. The van der Waals surface area contributed by atoms with E-state index in [1.54, 1.807) is 6.08 Å². The van der Waals surface area contributed by atoms with Crippen molar-refractivity contribution in [1.82, 2.24) is 0 Å². The van der Waals surface area contributed by atoms with Gasteiger partial charge in [0.15, 0.2) is 0 Å². The van der Waals surface area contributed by atoms with Crippen LogP contribution in [0.2, 0.25) is 0 Å². The largest absolute Gasteiger partial charge is 0.193 e. The Hall–Kier alpha value is -2.33. The van der Waals surface area contributed by atoms with Crippen molar-refractivity contribution >= 4 is 5.57 Å². The molecule has 0 saturated carbocycles. The summed E-state index contributed by atoms with van der Waals surface area (Å²) in [6.45, 7) is 0. The van der Waals surface area contributed by atoms with E-state index in [-0.39, 0.29) is 0 Å². The summed E-state index contributed by atoms with van der Waals surface area (Å²) in [5, 5.41) is 9.11. The van der Waals surface area contributed by atoms with Gasteiger partial charge in [-0.2, -0.15) is 5.26 Å². The molecular formula is C18H15N. The number of aryl methyl sites for hydroxylation is 2. The molecule has 1 aliphatic rings. The molecule has 0 radical (unpaired) electrons. The first-order chi connectivity index (χ1) is 9.40. The van der Waals surface area contributed by atoms with Crippen molar-refractivity contribution in [1.29, 1.82) is 5.26 Å². The van der Waals surface area contributed by atoms with Gasteiger partial charge in [0.2, 0.25) is 0 Å². The SMILES string of the molecule is N#CC=C1c2ccccc2CCCc2ccccc21. The molecule has 0 unspecified atom stereocenters. The Bertz CT molecular complexity index is 625. The Morgan fingerprint density at radius 3 is 1.89 bits per heavy atom. The lowest BCUT2D eigenvalue weighted by atomic mass is 9.85. The Labute approximate surface area is 113 Å². The molecule has 0 bridgehead atoms. The quantitative estimate of drug-likeness (QED) is 0.640. The number of nitrogens with zero attached hydrogens (tertiary/aromatic N) is 1. The topological polar surface area (TPSA) is 23.8 Å². The predicted molar refractivity (Wildman–Crippen MR) is 77.6 cm³/mol. The monoisotopic (exact) mass is 245 g/mol. The summed E-state index contributed by atoms with van der Waals surface area (Å²) < 4.78 is 0. The van der Waals surface area contributed by atoms with Crippen LogP contribution in [-0.2, 0) is 12.8 Å². The van der Waals surface area contributed by atoms with E-state index in [1.165, 1.54) is 22.3 Å². The maximum Gasteiger partial charge on any atom is 0.0918 e. The highest BCUT2D eigenvalue weighted by Gasteiger charge is 2.15. The van der Waals surface area contributed by atoms with Gasteiger partial charge in [0.25, 0.3) is 0 Å². The van der Waals surface area contributed by atoms with Crippen molar-refractivity contribution in [3.05, 3.63) is 76.9 Å². The van der Waals surface area contributed by atoms with Crippen LogP contribution in [0.4, 0.5) is 0 Å². The number of hydrogen-bond donors (Lipinski definition) is 0. The lowest BCUT2D eigenvalue weighted by molar-refractivity contribution is 0.812. The number of allylic oxidation sites excluding steroid dienone is 1. The summed E-state index contributed by atoms with van der Waals surface area (Å²) in [7, 11) is 0. The maximum atomic E-state index is 9.11. The molecular weight excluding hydrogens is 230 g/mol. The Morgan fingerprint density at radius 1 is 0.842 bits per heavy atom. The lowest BCUT2D eigenvalue weighted by Gasteiger charge is -2.19. The van der Waals surface area contributed by atoms with Gasteiger partial charge < -0.3 is 0 Å². The van der Waals surface area contributed by atoms with Crippen LogP contribution < -0.4 is 0 Å². The second-order valence-electron chi connectivity index (χ2n) is 4.85. The molecule has 0 aromatic heterocycles. The van der Waals surface area contributed by atoms with Gasteiger partial charge in [0.05, 0.1) is 6.07 Å². The number of nitriles is 1. The van der Waals surface area contributed by atoms with E-state index in [1.807, 2.05) is 12.1 Å². The van der Waals surface area contributed by atoms with Crippen LogP contribution in [0.5, 0.6) is 0 Å². The molecule has 0 heterocycles. The highest BCUT2D eigenvalue weighted by Crippen LogP contribution is 2.32. The third kappa shape index (κ3) is 2.18. The zero-order chi connectivity index (χ0) is 13.1. The van der Waals surface area contributed by atoms with Crippen molar-refractivity contribution in [3.8, 4) is 6.07 Å². The van der Waals surface area contributed by atoms with Gasteiger partial charge in [-0.15, -0.1) is 0 Å². The Balaban J connectivity index is 2.27. The summed E-state index contributed by atoms with van der Waals surface area (Å²) in [6, 6.07) is 19.1. The van der Waals surface area contributed by atoms with Crippen LogP contribution in [0.15, 0.2) is 54.6 Å². The van der Waals surface area contributed by atoms with Crippen LogP contribution >= 0.6 is 0 Å². The lowest BCUT2D eigenvalue weighted by Crippen LogP contribution is -2.04. The Morgan fingerprint density at radius 2 is 1.37 bits per heavy atom. The molecule has 0 aliphatic heterocycles. The van der Waals surface area contributed by atoms with Crippen molar-refractivity contribution < 1.29 is 0 Å². The second-order valence-corrected chi connectivity index (χ2v) is 4.85. The first-order valence-electron chi connectivity index (χ1n) is 6.66. The zero-order valence-corrected chi connectivity index (χ0v) is 10.8. The normalized spacial score (nSPS) is 13.5. The fraction of sp³-hybridized carbons (Fsp3) is 0.167. The highest BCUT2D eigenvalue weighted by atomic mass is 14.2. The van der Waals surface area contributed by atoms with Gasteiger partial charge in [-0.05, 0) is 47.1 Å². The van der Waals surface area contributed by atoms with Crippen LogP contribution in [0.3, 0.4) is 0 Å². The molecule has 0 amide bonds.